The molecule has 1 saturated heterocycles. The smallest absolute Gasteiger partial charge is 0.410 e. The highest BCUT2D eigenvalue weighted by Crippen LogP contribution is 2.23. The number of nitrogens with one attached hydrogen (secondary N) is 1. The fourth-order valence-corrected chi connectivity index (χ4v) is 3.09. The highest BCUT2D eigenvalue weighted by Gasteiger charge is 2.30. The molecule has 0 atom stereocenters. The van der Waals surface area contributed by atoms with E-state index in [4.69, 9.17) is 4.74 Å². The van der Waals surface area contributed by atoms with Crippen molar-refractivity contribution in [3.05, 3.63) is 35.9 Å². The number of carbonyl (C=O) groups excluding carboxylic acids is 2. The van der Waals surface area contributed by atoms with Gasteiger partial charge in [-0.05, 0) is 39.2 Å². The Labute approximate surface area is 157 Å². The monoisotopic (exact) mass is 360 g/mol. The van der Waals surface area contributed by atoms with Gasteiger partial charge >= 0.3 is 6.09 Å². The summed E-state index contributed by atoms with van der Waals surface area (Å²) in [5.74, 6) is 0.0399. The molecule has 0 bridgehead atoms. The van der Waals surface area contributed by atoms with E-state index in [0.717, 1.165) is 0 Å². The molecular formula is C21H32N2O3. The minimum atomic E-state index is -0.492. The van der Waals surface area contributed by atoms with E-state index in [2.05, 4.69) is 31.3 Å². The number of rotatable bonds is 4. The molecule has 0 unspecified atom stereocenters. The van der Waals surface area contributed by atoms with Crippen molar-refractivity contribution in [1.82, 2.24) is 10.2 Å². The number of hydrogen-bond acceptors (Lipinski definition) is 3. The minimum Gasteiger partial charge on any atom is -0.444 e. The predicted molar refractivity (Wildman–Crippen MR) is 103 cm³/mol. The quantitative estimate of drug-likeness (QED) is 0.890. The summed E-state index contributed by atoms with van der Waals surface area (Å²) >= 11 is 0. The molecule has 0 aromatic heterocycles. The number of hydrogen-bond donors (Lipinski definition) is 1. The third kappa shape index (κ3) is 5.75. The van der Waals surface area contributed by atoms with Crippen LogP contribution >= 0.6 is 0 Å². The molecule has 26 heavy (non-hydrogen) atoms. The Balaban J connectivity index is 1.81. The lowest BCUT2D eigenvalue weighted by atomic mass is 9.84. The van der Waals surface area contributed by atoms with Crippen LogP contribution in [0, 0.1) is 5.92 Å². The van der Waals surface area contributed by atoms with Crippen molar-refractivity contribution in [3.8, 4) is 0 Å². The van der Waals surface area contributed by atoms with E-state index >= 15 is 0 Å². The van der Waals surface area contributed by atoms with Gasteiger partial charge in [-0.3, -0.25) is 4.79 Å². The van der Waals surface area contributed by atoms with Gasteiger partial charge in [-0.1, -0.05) is 44.2 Å². The second-order valence-corrected chi connectivity index (χ2v) is 8.71. The van der Waals surface area contributed by atoms with Gasteiger partial charge in [-0.15, -0.1) is 0 Å². The Kier molecular flexibility index (Phi) is 6.32. The van der Waals surface area contributed by atoms with Crippen LogP contribution in [0.4, 0.5) is 4.79 Å². The average molecular weight is 360 g/mol. The van der Waals surface area contributed by atoms with Gasteiger partial charge in [0.1, 0.15) is 5.60 Å². The number of ether oxygens (including phenoxy) is 1. The molecule has 0 spiro atoms. The summed E-state index contributed by atoms with van der Waals surface area (Å²) in [5, 5.41) is 3.10. The number of benzene rings is 1. The lowest BCUT2D eigenvalue weighted by Crippen LogP contribution is -2.46. The zero-order valence-corrected chi connectivity index (χ0v) is 16.7. The second-order valence-electron chi connectivity index (χ2n) is 8.71. The van der Waals surface area contributed by atoms with Crippen molar-refractivity contribution < 1.29 is 14.3 Å². The Morgan fingerprint density at radius 2 is 1.65 bits per heavy atom. The molecule has 1 aliphatic heterocycles. The third-order valence-corrected chi connectivity index (χ3v) is 4.78. The van der Waals surface area contributed by atoms with Gasteiger partial charge in [-0.25, -0.2) is 4.79 Å². The lowest BCUT2D eigenvalue weighted by molar-refractivity contribution is -0.126. The number of carbonyl (C=O) groups is 2. The molecule has 2 amide bonds. The summed E-state index contributed by atoms with van der Waals surface area (Å²) in [7, 11) is 0. The van der Waals surface area contributed by atoms with Crippen LogP contribution in [0.2, 0.25) is 0 Å². The number of nitrogens with zero attached hydrogens (tertiary/aromatic N) is 1. The molecular weight excluding hydrogens is 328 g/mol. The SMILES string of the molecule is CC(C)(C)OC(=O)N1CCC(C(=O)NCC(C)(C)c2ccccc2)CC1. The molecule has 1 fully saturated rings. The van der Waals surface area contributed by atoms with Crippen molar-refractivity contribution in [2.24, 2.45) is 5.92 Å². The van der Waals surface area contributed by atoms with E-state index < -0.39 is 5.60 Å². The van der Waals surface area contributed by atoms with Crippen LogP contribution < -0.4 is 5.32 Å². The Bertz CT molecular complexity index is 612. The Hall–Kier alpha value is -2.04. The van der Waals surface area contributed by atoms with Crippen molar-refractivity contribution in [2.75, 3.05) is 19.6 Å². The topological polar surface area (TPSA) is 58.6 Å². The molecule has 0 aliphatic carbocycles. The van der Waals surface area contributed by atoms with Crippen LogP contribution in [0.25, 0.3) is 0 Å². The molecule has 144 valence electrons. The third-order valence-electron chi connectivity index (χ3n) is 4.78. The van der Waals surface area contributed by atoms with Gasteiger partial charge in [0.25, 0.3) is 0 Å². The predicted octanol–water partition coefficient (Wildman–Crippen LogP) is 3.73. The van der Waals surface area contributed by atoms with Crippen molar-refractivity contribution >= 4 is 12.0 Å². The Morgan fingerprint density at radius 3 is 2.19 bits per heavy atom. The van der Waals surface area contributed by atoms with Gasteiger partial charge in [0.15, 0.2) is 0 Å². The highest BCUT2D eigenvalue weighted by atomic mass is 16.6. The van der Waals surface area contributed by atoms with Crippen molar-refractivity contribution in [3.63, 3.8) is 0 Å². The molecule has 1 aliphatic rings. The molecule has 1 heterocycles. The molecule has 1 aromatic rings. The van der Waals surface area contributed by atoms with Crippen LogP contribution in [0.3, 0.4) is 0 Å². The summed E-state index contributed by atoms with van der Waals surface area (Å²) in [5.41, 5.74) is 0.600. The maximum Gasteiger partial charge on any atom is 0.410 e. The standard InChI is InChI=1S/C21H32N2O3/c1-20(2,3)26-19(25)23-13-11-16(12-14-23)18(24)22-15-21(4,5)17-9-7-6-8-10-17/h6-10,16H,11-15H2,1-5H3,(H,22,24). The number of likely N-dealkylation sites (tertiary alicyclic amines) is 1. The van der Waals surface area contributed by atoms with Gasteiger partial charge in [0, 0.05) is 31.0 Å². The van der Waals surface area contributed by atoms with Crippen LogP contribution in [0.15, 0.2) is 30.3 Å². The summed E-state index contributed by atoms with van der Waals surface area (Å²) in [4.78, 5) is 26.3. The van der Waals surface area contributed by atoms with Crippen molar-refractivity contribution in [2.45, 2.75) is 58.5 Å². The first-order valence-electron chi connectivity index (χ1n) is 9.40. The molecule has 5 nitrogen and oxygen atoms in total. The molecule has 0 saturated carbocycles. The van der Waals surface area contributed by atoms with Crippen molar-refractivity contribution in [1.29, 1.82) is 0 Å². The van der Waals surface area contributed by atoms with Gasteiger partial charge in [-0.2, -0.15) is 0 Å². The highest BCUT2D eigenvalue weighted by molar-refractivity contribution is 5.79. The Morgan fingerprint density at radius 1 is 1.08 bits per heavy atom. The number of amides is 2. The molecule has 1 aromatic carbocycles. The zero-order chi connectivity index (χ0) is 19.4. The van der Waals surface area contributed by atoms with Crippen LogP contribution in [0.1, 0.15) is 53.0 Å². The first-order chi connectivity index (χ1) is 12.1. The summed E-state index contributed by atoms with van der Waals surface area (Å²) in [6.07, 6.45) is 1.06. The molecule has 1 N–H and O–H groups in total. The fraction of sp³-hybridized carbons (Fsp3) is 0.619. The van der Waals surface area contributed by atoms with E-state index in [9.17, 15) is 9.59 Å². The van der Waals surface area contributed by atoms with Gasteiger partial charge < -0.3 is 15.0 Å². The van der Waals surface area contributed by atoms with Crippen LogP contribution in [-0.2, 0) is 14.9 Å². The zero-order valence-electron chi connectivity index (χ0n) is 16.7. The summed E-state index contributed by atoms with van der Waals surface area (Å²) in [6, 6.07) is 10.2. The maximum atomic E-state index is 12.5. The normalized spacial score (nSPS) is 16.3. The minimum absolute atomic E-state index is 0.0414. The van der Waals surface area contributed by atoms with Crippen LogP contribution in [0.5, 0.6) is 0 Å². The first-order valence-corrected chi connectivity index (χ1v) is 9.40. The van der Waals surface area contributed by atoms with E-state index in [1.807, 2.05) is 39.0 Å². The first kappa shape index (κ1) is 20.3. The van der Waals surface area contributed by atoms with E-state index in [0.29, 0.717) is 32.5 Å². The van der Waals surface area contributed by atoms with E-state index in [1.165, 1.54) is 5.56 Å². The molecule has 2 rings (SSSR count). The number of piperidine rings is 1. The largest absolute Gasteiger partial charge is 0.444 e. The van der Waals surface area contributed by atoms with E-state index in [-0.39, 0.29) is 23.3 Å². The second kappa shape index (κ2) is 8.11. The van der Waals surface area contributed by atoms with Crippen LogP contribution in [-0.4, -0.2) is 42.1 Å². The van der Waals surface area contributed by atoms with E-state index in [1.54, 1.807) is 4.90 Å². The molecule has 0 radical (unpaired) electrons. The summed E-state index contributed by atoms with van der Waals surface area (Å²) in [6.45, 7) is 11.6. The molecule has 5 heteroatoms. The maximum absolute atomic E-state index is 12.5. The average Bonchev–Trinajstić information content (AvgIpc) is 2.59. The summed E-state index contributed by atoms with van der Waals surface area (Å²) < 4.78 is 5.40. The van der Waals surface area contributed by atoms with Gasteiger partial charge in [0.05, 0.1) is 0 Å². The fourth-order valence-electron chi connectivity index (χ4n) is 3.09. The lowest BCUT2D eigenvalue weighted by Gasteiger charge is -2.33. The van der Waals surface area contributed by atoms with Gasteiger partial charge in [0.2, 0.25) is 5.91 Å².